The lowest BCUT2D eigenvalue weighted by Gasteiger charge is -2.25. The maximum absolute atomic E-state index is 12.1. The number of anilines is 1. The lowest BCUT2D eigenvalue weighted by molar-refractivity contribution is -0.123. The molecule has 0 aliphatic heterocycles. The van der Waals surface area contributed by atoms with Crippen LogP contribution in [-0.4, -0.2) is 27.3 Å². The summed E-state index contributed by atoms with van der Waals surface area (Å²) in [6.45, 7) is 5.01. The van der Waals surface area contributed by atoms with Crippen molar-refractivity contribution in [2.45, 2.75) is 32.7 Å². The fourth-order valence-corrected chi connectivity index (χ4v) is 1.39. The van der Waals surface area contributed by atoms with E-state index in [1.54, 1.807) is 20.8 Å². The summed E-state index contributed by atoms with van der Waals surface area (Å²) in [5.74, 6) is 4.22. The molecule has 1 unspecified atom stereocenters. The van der Waals surface area contributed by atoms with Gasteiger partial charge in [-0.2, -0.15) is 0 Å². The molecule has 8 nitrogen and oxygen atoms in total. The van der Waals surface area contributed by atoms with Gasteiger partial charge in [-0.3, -0.25) is 15.0 Å². The number of rotatable bonds is 5. The van der Waals surface area contributed by atoms with Crippen molar-refractivity contribution >= 4 is 17.8 Å². The second kappa shape index (κ2) is 5.61. The van der Waals surface area contributed by atoms with E-state index in [4.69, 9.17) is 11.6 Å². The molecule has 0 saturated carbocycles. The van der Waals surface area contributed by atoms with Gasteiger partial charge in [0.2, 0.25) is 11.9 Å². The normalized spacial score (nSPS) is 13.5. The minimum atomic E-state index is -1.12. The van der Waals surface area contributed by atoms with Crippen LogP contribution in [0.4, 0.5) is 5.95 Å². The molecule has 8 heteroatoms. The van der Waals surface area contributed by atoms with Crippen LogP contribution in [0.15, 0.2) is 6.07 Å². The van der Waals surface area contributed by atoms with Crippen molar-refractivity contribution in [3.8, 4) is 0 Å². The summed E-state index contributed by atoms with van der Waals surface area (Å²) in [7, 11) is 0. The van der Waals surface area contributed by atoms with Crippen molar-refractivity contribution in [3.05, 3.63) is 17.5 Å². The van der Waals surface area contributed by atoms with Crippen molar-refractivity contribution < 1.29 is 9.59 Å². The van der Waals surface area contributed by atoms with Crippen LogP contribution in [0.2, 0.25) is 0 Å². The Morgan fingerprint density at radius 1 is 1.42 bits per heavy atom. The molecule has 0 radical (unpaired) electrons. The lowest BCUT2D eigenvalue weighted by Crippen LogP contribution is -2.55. The SMILES string of the molecule is CCC(C)(NC(=O)c1cc(C)nc(NN)n1)C(N)=O. The molecule has 0 spiro atoms. The number of primary amides is 1. The summed E-state index contributed by atoms with van der Waals surface area (Å²) in [4.78, 5) is 31.3. The van der Waals surface area contributed by atoms with Crippen LogP contribution in [0, 0.1) is 6.92 Å². The molecule has 0 bridgehead atoms. The van der Waals surface area contributed by atoms with E-state index >= 15 is 0 Å². The van der Waals surface area contributed by atoms with Crippen molar-refractivity contribution in [3.63, 3.8) is 0 Å². The quantitative estimate of drug-likeness (QED) is 0.417. The zero-order valence-electron chi connectivity index (χ0n) is 11.2. The average molecular weight is 266 g/mol. The maximum atomic E-state index is 12.1. The molecule has 1 atom stereocenters. The molecule has 0 aromatic carbocycles. The number of nitrogens with one attached hydrogen (secondary N) is 2. The second-order valence-corrected chi connectivity index (χ2v) is 4.37. The minimum Gasteiger partial charge on any atom is -0.368 e. The topological polar surface area (TPSA) is 136 Å². The van der Waals surface area contributed by atoms with E-state index in [1.807, 2.05) is 0 Å². The molecule has 0 aliphatic rings. The van der Waals surface area contributed by atoms with Crippen LogP contribution in [0.1, 0.15) is 36.5 Å². The van der Waals surface area contributed by atoms with Crippen LogP contribution < -0.4 is 22.3 Å². The van der Waals surface area contributed by atoms with E-state index in [9.17, 15) is 9.59 Å². The fourth-order valence-electron chi connectivity index (χ4n) is 1.39. The molecule has 0 aliphatic carbocycles. The molecule has 2 amide bonds. The van der Waals surface area contributed by atoms with Gasteiger partial charge in [0.15, 0.2) is 0 Å². The first-order valence-electron chi connectivity index (χ1n) is 5.77. The third-order valence-electron chi connectivity index (χ3n) is 2.86. The zero-order chi connectivity index (χ0) is 14.6. The third kappa shape index (κ3) is 3.38. The highest BCUT2D eigenvalue weighted by Gasteiger charge is 2.31. The molecule has 1 aromatic rings. The average Bonchev–Trinajstić information content (AvgIpc) is 2.37. The molecule has 6 N–H and O–H groups in total. The summed E-state index contributed by atoms with van der Waals surface area (Å²) in [6, 6.07) is 1.49. The summed E-state index contributed by atoms with van der Waals surface area (Å²) >= 11 is 0. The number of aromatic nitrogens is 2. The van der Waals surface area contributed by atoms with Crippen LogP contribution in [0.25, 0.3) is 0 Å². The van der Waals surface area contributed by atoms with Crippen LogP contribution in [-0.2, 0) is 4.79 Å². The van der Waals surface area contributed by atoms with Crippen molar-refractivity contribution in [1.82, 2.24) is 15.3 Å². The van der Waals surface area contributed by atoms with Crippen LogP contribution >= 0.6 is 0 Å². The van der Waals surface area contributed by atoms with Gasteiger partial charge in [0.05, 0.1) is 0 Å². The second-order valence-electron chi connectivity index (χ2n) is 4.37. The highest BCUT2D eigenvalue weighted by Crippen LogP contribution is 2.11. The first kappa shape index (κ1) is 14.8. The number of amides is 2. The van der Waals surface area contributed by atoms with Gasteiger partial charge in [0.25, 0.3) is 5.91 Å². The molecule has 1 aromatic heterocycles. The molecule has 0 saturated heterocycles. The Bertz CT molecular complexity index is 504. The fraction of sp³-hybridized carbons (Fsp3) is 0.455. The molecule has 19 heavy (non-hydrogen) atoms. The first-order valence-corrected chi connectivity index (χ1v) is 5.77. The van der Waals surface area contributed by atoms with E-state index < -0.39 is 17.4 Å². The summed E-state index contributed by atoms with van der Waals surface area (Å²) in [6.07, 6.45) is 0.375. The Kier molecular flexibility index (Phi) is 4.38. The third-order valence-corrected chi connectivity index (χ3v) is 2.86. The van der Waals surface area contributed by atoms with Crippen molar-refractivity contribution in [2.75, 3.05) is 5.43 Å². The van der Waals surface area contributed by atoms with Gasteiger partial charge >= 0.3 is 0 Å². The van der Waals surface area contributed by atoms with E-state index in [0.29, 0.717) is 12.1 Å². The Labute approximate surface area is 110 Å². The minimum absolute atomic E-state index is 0.112. The number of nitrogens with zero attached hydrogens (tertiary/aromatic N) is 2. The molecular weight excluding hydrogens is 248 g/mol. The Morgan fingerprint density at radius 2 is 2.05 bits per heavy atom. The number of nitrogens with two attached hydrogens (primary N) is 2. The Balaban J connectivity index is 3.01. The highest BCUT2D eigenvalue weighted by atomic mass is 16.2. The molecule has 0 fully saturated rings. The zero-order valence-corrected chi connectivity index (χ0v) is 11.2. The van der Waals surface area contributed by atoms with Gasteiger partial charge < -0.3 is 11.1 Å². The molecular formula is C11H18N6O2. The number of hydrogen-bond donors (Lipinski definition) is 4. The van der Waals surface area contributed by atoms with E-state index in [2.05, 4.69) is 20.7 Å². The summed E-state index contributed by atoms with van der Waals surface area (Å²) in [5, 5.41) is 2.56. The number of nitrogen functional groups attached to an aromatic ring is 1. The van der Waals surface area contributed by atoms with Gasteiger partial charge in [-0.1, -0.05) is 6.92 Å². The lowest BCUT2D eigenvalue weighted by atomic mass is 9.98. The Morgan fingerprint density at radius 3 is 2.53 bits per heavy atom. The standard InChI is InChI=1S/C11H18N6O2/c1-4-11(3,9(12)19)16-8(18)7-5-6(2)14-10(15-7)17-13/h5H,4,13H2,1-3H3,(H2,12,19)(H,16,18)(H,14,15,17). The smallest absolute Gasteiger partial charge is 0.270 e. The predicted molar refractivity (Wildman–Crippen MR) is 69.9 cm³/mol. The number of carbonyl (C=O) groups is 2. The number of carbonyl (C=O) groups excluding carboxylic acids is 2. The van der Waals surface area contributed by atoms with E-state index in [1.165, 1.54) is 6.07 Å². The van der Waals surface area contributed by atoms with Crippen molar-refractivity contribution in [1.29, 1.82) is 0 Å². The van der Waals surface area contributed by atoms with Gasteiger partial charge in [0.1, 0.15) is 11.2 Å². The van der Waals surface area contributed by atoms with Crippen LogP contribution in [0.5, 0.6) is 0 Å². The monoisotopic (exact) mass is 266 g/mol. The van der Waals surface area contributed by atoms with Gasteiger partial charge in [-0.25, -0.2) is 15.8 Å². The number of aryl methyl sites for hydroxylation is 1. The maximum Gasteiger partial charge on any atom is 0.270 e. The van der Waals surface area contributed by atoms with E-state index in [0.717, 1.165) is 0 Å². The molecule has 1 rings (SSSR count). The van der Waals surface area contributed by atoms with Gasteiger partial charge in [-0.05, 0) is 26.3 Å². The van der Waals surface area contributed by atoms with Crippen LogP contribution in [0.3, 0.4) is 0 Å². The molecule has 1 heterocycles. The number of hydrogen-bond acceptors (Lipinski definition) is 6. The Hall–Kier alpha value is -2.22. The van der Waals surface area contributed by atoms with Gasteiger partial charge in [-0.15, -0.1) is 0 Å². The first-order chi connectivity index (χ1) is 8.82. The predicted octanol–water partition coefficient (Wildman–Crippen LogP) is -0.546. The highest BCUT2D eigenvalue weighted by molar-refractivity contribution is 5.97. The number of hydrazine groups is 1. The van der Waals surface area contributed by atoms with Crippen molar-refractivity contribution in [2.24, 2.45) is 11.6 Å². The summed E-state index contributed by atoms with van der Waals surface area (Å²) < 4.78 is 0. The summed E-state index contributed by atoms with van der Waals surface area (Å²) in [5.41, 5.74) is 7.11. The molecule has 104 valence electrons. The van der Waals surface area contributed by atoms with Gasteiger partial charge in [0, 0.05) is 5.69 Å². The van der Waals surface area contributed by atoms with E-state index in [-0.39, 0.29) is 11.6 Å². The largest absolute Gasteiger partial charge is 0.368 e.